The number of aliphatic hydroxyl groups excluding tert-OH is 1. The molecule has 0 bridgehead atoms. The average Bonchev–Trinajstić information content (AvgIpc) is 2.37. The van der Waals surface area contributed by atoms with Gasteiger partial charge in [0.1, 0.15) is 11.5 Å². The van der Waals surface area contributed by atoms with E-state index in [0.29, 0.717) is 12.1 Å². The minimum atomic E-state index is -0.218. The maximum Gasteiger partial charge on any atom is 0.253 e. The lowest BCUT2D eigenvalue weighted by Gasteiger charge is -2.19. The number of methoxy groups -OCH3 is 1. The van der Waals surface area contributed by atoms with Crippen molar-refractivity contribution >= 4 is 5.91 Å². The Labute approximate surface area is 113 Å². The second-order valence-corrected chi connectivity index (χ2v) is 4.33. The van der Waals surface area contributed by atoms with Crippen molar-refractivity contribution in [3.63, 3.8) is 0 Å². The summed E-state index contributed by atoms with van der Waals surface area (Å²) in [7, 11) is 1.60. The Bertz CT molecular complexity index is 485. The van der Waals surface area contributed by atoms with Crippen molar-refractivity contribution in [1.29, 1.82) is 0 Å². The molecule has 0 unspecified atom stereocenters. The quantitative estimate of drug-likeness (QED) is 0.654. The van der Waals surface area contributed by atoms with Gasteiger partial charge in [0.05, 0.1) is 13.7 Å². The Morgan fingerprint density at radius 1 is 1.37 bits per heavy atom. The Hall–Kier alpha value is -2.23. The molecule has 0 aromatic heterocycles. The molecular formula is C15H19NO3. The molecule has 19 heavy (non-hydrogen) atoms. The zero-order valence-corrected chi connectivity index (χ0v) is 11.5. The van der Waals surface area contributed by atoms with Gasteiger partial charge in [-0.05, 0) is 31.5 Å². The van der Waals surface area contributed by atoms with Crippen molar-refractivity contribution in [1.82, 2.24) is 4.90 Å². The fraction of sp³-hybridized carbons (Fsp3) is 0.267. The highest BCUT2D eigenvalue weighted by Crippen LogP contribution is 2.14. The van der Waals surface area contributed by atoms with Crippen LogP contribution < -0.4 is 4.74 Å². The van der Waals surface area contributed by atoms with E-state index < -0.39 is 0 Å². The molecule has 1 aromatic rings. The van der Waals surface area contributed by atoms with Crippen molar-refractivity contribution in [2.45, 2.75) is 20.4 Å². The summed E-state index contributed by atoms with van der Waals surface area (Å²) < 4.78 is 5.08. The van der Waals surface area contributed by atoms with Crippen LogP contribution in [0.2, 0.25) is 0 Å². The predicted molar refractivity (Wildman–Crippen MR) is 74.7 cm³/mol. The third kappa shape index (κ3) is 4.50. The Morgan fingerprint density at radius 3 is 2.37 bits per heavy atom. The van der Waals surface area contributed by atoms with Gasteiger partial charge in [-0.2, -0.15) is 0 Å². The van der Waals surface area contributed by atoms with Crippen LogP contribution in [0.5, 0.6) is 5.75 Å². The molecular weight excluding hydrogens is 242 g/mol. The molecule has 0 saturated heterocycles. The first-order valence-corrected chi connectivity index (χ1v) is 5.91. The number of carbonyl (C=O) groups is 1. The number of nitrogens with zero attached hydrogens (tertiary/aromatic N) is 1. The first-order chi connectivity index (χ1) is 8.93. The molecule has 1 aromatic carbocycles. The first kappa shape index (κ1) is 14.8. The van der Waals surface area contributed by atoms with Crippen molar-refractivity contribution in [2.24, 2.45) is 0 Å². The van der Waals surface area contributed by atoms with Gasteiger partial charge in [0, 0.05) is 11.8 Å². The fourth-order valence-corrected chi connectivity index (χ4v) is 1.57. The monoisotopic (exact) mass is 261 g/mol. The van der Waals surface area contributed by atoms with Crippen LogP contribution in [-0.4, -0.2) is 23.0 Å². The molecule has 0 heterocycles. The zero-order chi connectivity index (χ0) is 14.4. The van der Waals surface area contributed by atoms with Gasteiger partial charge in [0.2, 0.25) is 0 Å². The third-order valence-corrected chi connectivity index (χ3v) is 2.48. The van der Waals surface area contributed by atoms with Gasteiger partial charge < -0.3 is 14.7 Å². The number of amides is 1. The van der Waals surface area contributed by atoms with Crippen LogP contribution in [0.15, 0.2) is 48.4 Å². The topological polar surface area (TPSA) is 49.8 Å². The lowest BCUT2D eigenvalue weighted by molar-refractivity contribution is -0.125. The van der Waals surface area contributed by atoms with Crippen LogP contribution in [-0.2, 0) is 11.3 Å². The number of hydrogen-bond acceptors (Lipinski definition) is 3. The fourth-order valence-electron chi connectivity index (χ4n) is 1.57. The van der Waals surface area contributed by atoms with E-state index in [4.69, 9.17) is 4.74 Å². The van der Waals surface area contributed by atoms with Gasteiger partial charge in [-0.3, -0.25) is 4.79 Å². The van der Waals surface area contributed by atoms with E-state index in [9.17, 15) is 9.90 Å². The number of benzene rings is 1. The van der Waals surface area contributed by atoms with Crippen LogP contribution >= 0.6 is 0 Å². The Morgan fingerprint density at radius 2 is 1.95 bits per heavy atom. The molecule has 0 spiro atoms. The van der Waals surface area contributed by atoms with E-state index in [-0.39, 0.29) is 11.7 Å². The number of hydrogen-bond donors (Lipinski definition) is 1. The smallest absolute Gasteiger partial charge is 0.253 e. The summed E-state index contributed by atoms with van der Waals surface area (Å²) in [5.74, 6) is 0.614. The van der Waals surface area contributed by atoms with E-state index in [2.05, 4.69) is 6.58 Å². The minimum Gasteiger partial charge on any atom is -0.511 e. The molecule has 0 radical (unpaired) electrons. The second-order valence-electron chi connectivity index (χ2n) is 4.33. The molecule has 1 N–H and O–H groups in total. The predicted octanol–water partition coefficient (Wildman–Crippen LogP) is 3.02. The highest BCUT2D eigenvalue weighted by molar-refractivity contribution is 5.92. The standard InChI is InChI=1S/C15H19NO3/c1-11(2)15(18)16(9-12(3)17)10-13-5-7-14(19-4)8-6-13/h5-9,17H,1,10H2,2-4H3/b12-9+. The van der Waals surface area contributed by atoms with Crippen LogP contribution in [0.1, 0.15) is 19.4 Å². The van der Waals surface area contributed by atoms with E-state index in [0.717, 1.165) is 11.3 Å². The van der Waals surface area contributed by atoms with Crippen LogP contribution in [0.4, 0.5) is 0 Å². The number of aliphatic hydroxyl groups is 1. The van der Waals surface area contributed by atoms with Crippen molar-refractivity contribution < 1.29 is 14.6 Å². The number of ether oxygens (including phenoxy) is 1. The minimum absolute atomic E-state index is 0.0723. The molecule has 4 heteroatoms. The molecule has 0 aliphatic carbocycles. The number of allylic oxidation sites excluding steroid dienone is 1. The molecule has 102 valence electrons. The van der Waals surface area contributed by atoms with Crippen LogP contribution in [0.25, 0.3) is 0 Å². The van der Waals surface area contributed by atoms with Gasteiger partial charge in [-0.25, -0.2) is 0 Å². The molecule has 0 fully saturated rings. The SMILES string of the molecule is C=C(C)C(=O)N(/C=C(\C)O)Cc1ccc(OC)cc1. The van der Waals surface area contributed by atoms with Gasteiger partial charge in [0.25, 0.3) is 5.91 Å². The number of rotatable bonds is 5. The van der Waals surface area contributed by atoms with Gasteiger partial charge in [-0.15, -0.1) is 0 Å². The van der Waals surface area contributed by atoms with E-state index in [1.165, 1.54) is 18.0 Å². The summed E-state index contributed by atoms with van der Waals surface area (Å²) in [6, 6.07) is 7.40. The highest BCUT2D eigenvalue weighted by Gasteiger charge is 2.13. The second kappa shape index (κ2) is 6.64. The lowest BCUT2D eigenvalue weighted by atomic mass is 10.2. The molecule has 0 saturated carbocycles. The molecule has 4 nitrogen and oxygen atoms in total. The molecule has 0 aliphatic heterocycles. The molecule has 0 atom stereocenters. The first-order valence-electron chi connectivity index (χ1n) is 5.91. The van der Waals surface area contributed by atoms with E-state index >= 15 is 0 Å². The summed E-state index contributed by atoms with van der Waals surface area (Å²) >= 11 is 0. The van der Waals surface area contributed by atoms with Gasteiger partial charge in [-0.1, -0.05) is 18.7 Å². The molecule has 1 amide bonds. The zero-order valence-electron chi connectivity index (χ0n) is 11.5. The lowest BCUT2D eigenvalue weighted by Crippen LogP contribution is -2.26. The summed E-state index contributed by atoms with van der Waals surface area (Å²) in [5.41, 5.74) is 1.36. The average molecular weight is 261 g/mol. The normalized spacial score (nSPS) is 11.0. The van der Waals surface area contributed by atoms with E-state index in [1.54, 1.807) is 14.0 Å². The summed E-state index contributed by atoms with van der Waals surface area (Å²) in [4.78, 5) is 13.4. The maximum absolute atomic E-state index is 12.0. The Kier molecular flexibility index (Phi) is 5.18. The molecule has 1 rings (SSSR count). The van der Waals surface area contributed by atoms with Crippen molar-refractivity contribution in [2.75, 3.05) is 7.11 Å². The van der Waals surface area contributed by atoms with E-state index in [1.807, 2.05) is 24.3 Å². The summed E-state index contributed by atoms with van der Waals surface area (Å²) in [6.45, 7) is 7.16. The largest absolute Gasteiger partial charge is 0.511 e. The van der Waals surface area contributed by atoms with Crippen molar-refractivity contribution in [3.8, 4) is 5.75 Å². The highest BCUT2D eigenvalue weighted by atomic mass is 16.5. The third-order valence-electron chi connectivity index (χ3n) is 2.48. The molecule has 0 aliphatic rings. The maximum atomic E-state index is 12.0. The Balaban J connectivity index is 2.90. The summed E-state index contributed by atoms with van der Waals surface area (Å²) in [6.07, 6.45) is 1.40. The van der Waals surface area contributed by atoms with Crippen molar-refractivity contribution in [3.05, 3.63) is 53.9 Å². The van der Waals surface area contributed by atoms with Crippen LogP contribution in [0, 0.1) is 0 Å². The van der Waals surface area contributed by atoms with Gasteiger partial charge in [0.15, 0.2) is 0 Å². The van der Waals surface area contributed by atoms with Gasteiger partial charge >= 0.3 is 0 Å². The number of carbonyl (C=O) groups excluding carboxylic acids is 1. The summed E-state index contributed by atoms with van der Waals surface area (Å²) in [5, 5.41) is 9.33. The van der Waals surface area contributed by atoms with Crippen LogP contribution in [0.3, 0.4) is 0 Å².